The topological polar surface area (TPSA) is 49.4 Å². The molecule has 0 unspecified atom stereocenters. The Morgan fingerprint density at radius 2 is 2.22 bits per heavy atom. The van der Waals surface area contributed by atoms with Crippen molar-refractivity contribution in [2.24, 2.45) is 0 Å². The molecule has 7 heteroatoms. The van der Waals surface area contributed by atoms with Crippen LogP contribution in [0.1, 0.15) is 6.92 Å². The Bertz CT molecular complexity index is 550. The highest BCUT2D eigenvalue weighted by Gasteiger charge is 2.31. The van der Waals surface area contributed by atoms with Crippen molar-refractivity contribution < 1.29 is 12.8 Å². The van der Waals surface area contributed by atoms with Gasteiger partial charge in [0.15, 0.2) is 0 Å². The molecule has 0 bridgehead atoms. The highest BCUT2D eigenvalue weighted by Crippen LogP contribution is 2.23. The van der Waals surface area contributed by atoms with E-state index in [0.29, 0.717) is 19.6 Å². The summed E-state index contributed by atoms with van der Waals surface area (Å²) in [5.41, 5.74) is 0. The molecule has 1 saturated heterocycles. The lowest BCUT2D eigenvalue weighted by Gasteiger charge is -2.32. The molecule has 1 atom stereocenters. The maximum atomic E-state index is 13.1. The fraction of sp³-hybridized carbons (Fsp3) is 0.455. The van der Waals surface area contributed by atoms with Crippen molar-refractivity contribution in [2.45, 2.75) is 17.9 Å². The van der Waals surface area contributed by atoms with Gasteiger partial charge in [0.25, 0.3) is 0 Å². The second kappa shape index (κ2) is 5.13. The third kappa shape index (κ3) is 2.51. The van der Waals surface area contributed by atoms with E-state index in [1.165, 1.54) is 10.4 Å². The van der Waals surface area contributed by atoms with Crippen LogP contribution >= 0.6 is 11.6 Å². The summed E-state index contributed by atoms with van der Waals surface area (Å²) in [5, 5.41) is 2.93. The second-order valence-electron chi connectivity index (χ2n) is 4.24. The van der Waals surface area contributed by atoms with Crippen molar-refractivity contribution in [3.8, 4) is 0 Å². The predicted octanol–water partition coefficient (Wildman–Crippen LogP) is 1.46. The van der Waals surface area contributed by atoms with E-state index in [1.807, 2.05) is 6.92 Å². The summed E-state index contributed by atoms with van der Waals surface area (Å²) in [7, 11) is -3.61. The van der Waals surface area contributed by atoms with Crippen LogP contribution in [0.4, 0.5) is 4.39 Å². The standard InChI is InChI=1S/C11H14ClFN2O2S/c1-8-7-14-4-5-15(8)18(16,17)9-2-3-11(13)10(12)6-9/h2-3,6,8,14H,4-5,7H2,1H3/t8-/m1/s1. The average molecular weight is 293 g/mol. The molecule has 0 saturated carbocycles. The van der Waals surface area contributed by atoms with Crippen molar-refractivity contribution in [3.05, 3.63) is 29.0 Å². The molecule has 100 valence electrons. The molecular weight excluding hydrogens is 279 g/mol. The van der Waals surface area contributed by atoms with Gasteiger partial charge in [-0.2, -0.15) is 4.31 Å². The Labute approximate surface area is 111 Å². The fourth-order valence-electron chi connectivity index (χ4n) is 1.95. The number of hydrogen-bond acceptors (Lipinski definition) is 3. The van der Waals surface area contributed by atoms with Gasteiger partial charge in [-0.25, -0.2) is 12.8 Å². The monoisotopic (exact) mass is 292 g/mol. The van der Waals surface area contributed by atoms with Crippen molar-refractivity contribution in [2.75, 3.05) is 19.6 Å². The van der Waals surface area contributed by atoms with Gasteiger partial charge in [-0.15, -0.1) is 0 Å². The van der Waals surface area contributed by atoms with Crippen LogP contribution in [0.3, 0.4) is 0 Å². The maximum Gasteiger partial charge on any atom is 0.243 e. The SMILES string of the molecule is C[C@@H]1CNCCN1S(=O)(=O)c1ccc(F)c(Cl)c1. The first kappa shape index (κ1) is 13.7. The lowest BCUT2D eigenvalue weighted by molar-refractivity contribution is 0.284. The zero-order valence-corrected chi connectivity index (χ0v) is 11.4. The van der Waals surface area contributed by atoms with Gasteiger partial charge in [0.2, 0.25) is 10.0 Å². The first-order valence-corrected chi connectivity index (χ1v) is 7.42. The first-order chi connectivity index (χ1) is 8.43. The summed E-state index contributed by atoms with van der Waals surface area (Å²) in [6.45, 7) is 3.44. The Hall–Kier alpha value is -0.690. The molecule has 0 amide bonds. The molecule has 1 aliphatic heterocycles. The molecule has 0 radical (unpaired) electrons. The number of hydrogen-bond donors (Lipinski definition) is 1. The quantitative estimate of drug-likeness (QED) is 0.898. The third-order valence-electron chi connectivity index (χ3n) is 2.94. The van der Waals surface area contributed by atoms with Gasteiger partial charge in [0, 0.05) is 25.7 Å². The molecule has 18 heavy (non-hydrogen) atoms. The normalized spacial score (nSPS) is 22.1. The lowest BCUT2D eigenvalue weighted by Crippen LogP contribution is -2.52. The summed E-state index contributed by atoms with van der Waals surface area (Å²) in [6, 6.07) is 3.33. The minimum Gasteiger partial charge on any atom is -0.314 e. The van der Waals surface area contributed by atoms with Crippen molar-refractivity contribution >= 4 is 21.6 Å². The van der Waals surface area contributed by atoms with Crippen LogP contribution in [0, 0.1) is 5.82 Å². The van der Waals surface area contributed by atoms with Gasteiger partial charge in [-0.05, 0) is 25.1 Å². The number of halogens is 2. The highest BCUT2D eigenvalue weighted by atomic mass is 35.5. The maximum absolute atomic E-state index is 13.1. The molecule has 0 spiro atoms. The van der Waals surface area contributed by atoms with Crippen molar-refractivity contribution in [3.63, 3.8) is 0 Å². The predicted molar refractivity (Wildman–Crippen MR) is 67.6 cm³/mol. The van der Waals surface area contributed by atoms with Crippen LogP contribution in [0.15, 0.2) is 23.1 Å². The number of piperazine rings is 1. The molecule has 4 nitrogen and oxygen atoms in total. The molecule has 1 aliphatic rings. The number of sulfonamides is 1. The van der Waals surface area contributed by atoms with E-state index in [9.17, 15) is 12.8 Å². The van der Waals surface area contributed by atoms with Crippen LogP contribution in [0.2, 0.25) is 5.02 Å². The molecule has 1 aromatic rings. The van der Waals surface area contributed by atoms with E-state index in [4.69, 9.17) is 11.6 Å². The molecule has 1 N–H and O–H groups in total. The fourth-order valence-corrected chi connectivity index (χ4v) is 3.85. The zero-order chi connectivity index (χ0) is 13.3. The summed E-state index contributed by atoms with van der Waals surface area (Å²) in [5.74, 6) is -0.621. The van der Waals surface area contributed by atoms with Gasteiger partial charge in [0.05, 0.1) is 9.92 Å². The number of nitrogens with zero attached hydrogens (tertiary/aromatic N) is 1. The third-order valence-corrected chi connectivity index (χ3v) is 5.24. The van der Waals surface area contributed by atoms with E-state index in [1.54, 1.807) is 0 Å². The molecule has 1 aromatic carbocycles. The molecule has 2 rings (SSSR count). The molecule has 0 aliphatic carbocycles. The Morgan fingerprint density at radius 1 is 1.50 bits per heavy atom. The van der Waals surface area contributed by atoms with Crippen molar-refractivity contribution in [1.29, 1.82) is 0 Å². The van der Waals surface area contributed by atoms with Gasteiger partial charge in [-0.1, -0.05) is 11.6 Å². The minimum atomic E-state index is -3.61. The number of rotatable bonds is 2. The number of nitrogens with one attached hydrogen (secondary N) is 1. The second-order valence-corrected chi connectivity index (χ2v) is 6.54. The molecular formula is C11H14ClFN2O2S. The van der Waals surface area contributed by atoms with E-state index < -0.39 is 15.8 Å². The van der Waals surface area contributed by atoms with Gasteiger partial charge in [-0.3, -0.25) is 0 Å². The summed E-state index contributed by atoms with van der Waals surface area (Å²) >= 11 is 5.62. The summed E-state index contributed by atoms with van der Waals surface area (Å²) < 4.78 is 39.2. The van der Waals surface area contributed by atoms with Gasteiger partial charge in [0.1, 0.15) is 5.82 Å². The van der Waals surface area contributed by atoms with Crippen LogP contribution in [0.25, 0.3) is 0 Å². The van der Waals surface area contributed by atoms with E-state index in [2.05, 4.69) is 5.32 Å². The number of benzene rings is 1. The Kier molecular flexibility index (Phi) is 3.91. The van der Waals surface area contributed by atoms with Crippen LogP contribution < -0.4 is 5.32 Å². The van der Waals surface area contributed by atoms with Gasteiger partial charge >= 0.3 is 0 Å². The van der Waals surface area contributed by atoms with E-state index >= 15 is 0 Å². The highest BCUT2D eigenvalue weighted by molar-refractivity contribution is 7.89. The van der Waals surface area contributed by atoms with Crippen LogP contribution in [-0.2, 0) is 10.0 Å². The van der Waals surface area contributed by atoms with Gasteiger partial charge < -0.3 is 5.32 Å². The Morgan fingerprint density at radius 3 is 2.83 bits per heavy atom. The zero-order valence-electron chi connectivity index (χ0n) is 9.86. The summed E-state index contributed by atoms with van der Waals surface area (Å²) in [4.78, 5) is 0.0302. The smallest absolute Gasteiger partial charge is 0.243 e. The largest absolute Gasteiger partial charge is 0.314 e. The average Bonchev–Trinajstić information content (AvgIpc) is 2.33. The minimum absolute atomic E-state index is 0.0302. The molecule has 1 fully saturated rings. The molecule has 1 heterocycles. The van der Waals surface area contributed by atoms with Crippen LogP contribution in [0.5, 0.6) is 0 Å². The summed E-state index contributed by atoms with van der Waals surface area (Å²) in [6.07, 6.45) is 0. The first-order valence-electron chi connectivity index (χ1n) is 5.60. The van der Waals surface area contributed by atoms with E-state index in [-0.39, 0.29) is 16.0 Å². The Balaban J connectivity index is 2.37. The van der Waals surface area contributed by atoms with Crippen LogP contribution in [-0.4, -0.2) is 38.4 Å². The lowest BCUT2D eigenvalue weighted by atomic mass is 10.3. The van der Waals surface area contributed by atoms with Crippen molar-refractivity contribution in [1.82, 2.24) is 9.62 Å². The van der Waals surface area contributed by atoms with E-state index in [0.717, 1.165) is 12.1 Å². The molecule has 0 aromatic heterocycles.